The lowest BCUT2D eigenvalue weighted by atomic mass is 10.1. The van der Waals surface area contributed by atoms with Gasteiger partial charge in [0.2, 0.25) is 0 Å². The topological polar surface area (TPSA) is 35.5 Å². The second-order valence-electron chi connectivity index (χ2n) is 4.67. The average molecular weight is 314 g/mol. The smallest absolute Gasteiger partial charge is 0.186 e. The van der Waals surface area contributed by atoms with E-state index in [4.69, 9.17) is 9.47 Å². The third-order valence-electron chi connectivity index (χ3n) is 3.12. The molecule has 0 N–H and O–H groups in total. The molecule has 4 heteroatoms. The first-order chi connectivity index (χ1) is 10.6. The van der Waals surface area contributed by atoms with Gasteiger partial charge < -0.3 is 9.47 Å². The number of aryl methyl sites for hydroxylation is 1. The number of rotatable bonds is 6. The zero-order valence-electron chi connectivity index (χ0n) is 12.8. The van der Waals surface area contributed by atoms with Crippen LogP contribution in [-0.2, 0) is 0 Å². The van der Waals surface area contributed by atoms with Gasteiger partial charge >= 0.3 is 0 Å². The van der Waals surface area contributed by atoms with Crippen molar-refractivity contribution in [2.75, 3.05) is 14.2 Å². The van der Waals surface area contributed by atoms with Gasteiger partial charge in [0, 0.05) is 5.56 Å². The highest BCUT2D eigenvalue weighted by atomic mass is 32.2. The molecule has 0 aliphatic carbocycles. The van der Waals surface area contributed by atoms with Gasteiger partial charge in [-0.3, -0.25) is 4.79 Å². The van der Waals surface area contributed by atoms with Gasteiger partial charge in [-0.2, -0.15) is 0 Å². The molecule has 0 aromatic heterocycles. The lowest BCUT2D eigenvalue weighted by Gasteiger charge is -2.07. The zero-order valence-corrected chi connectivity index (χ0v) is 13.6. The highest BCUT2D eigenvalue weighted by Crippen LogP contribution is 2.33. The Hall–Kier alpha value is -2.20. The van der Waals surface area contributed by atoms with Gasteiger partial charge in [0.25, 0.3) is 0 Å². The first-order valence-electron chi connectivity index (χ1n) is 6.80. The van der Waals surface area contributed by atoms with Gasteiger partial charge in [-0.25, -0.2) is 0 Å². The molecular weight excluding hydrogens is 296 g/mol. The van der Waals surface area contributed by atoms with E-state index in [0.29, 0.717) is 5.56 Å². The number of hydrogen-bond acceptors (Lipinski definition) is 4. The third kappa shape index (κ3) is 4.15. The molecule has 0 atom stereocenters. The molecule has 0 saturated carbocycles. The Morgan fingerprint density at radius 2 is 1.77 bits per heavy atom. The molecular formula is C18H18O3S. The van der Waals surface area contributed by atoms with Crippen LogP contribution < -0.4 is 9.47 Å². The molecule has 0 aliphatic heterocycles. The molecule has 0 spiro atoms. The minimum absolute atomic E-state index is 0.0191. The largest absolute Gasteiger partial charge is 0.497 e. The Morgan fingerprint density at radius 3 is 2.41 bits per heavy atom. The number of carbonyl (C=O) groups excluding carboxylic acids is 1. The van der Waals surface area contributed by atoms with Crippen molar-refractivity contribution < 1.29 is 14.3 Å². The van der Waals surface area contributed by atoms with Gasteiger partial charge in [0.15, 0.2) is 5.78 Å². The first-order valence-corrected chi connectivity index (χ1v) is 7.68. The summed E-state index contributed by atoms with van der Waals surface area (Å²) in [5, 5.41) is 1.76. The molecule has 0 bridgehead atoms. The number of methoxy groups -OCH3 is 2. The maximum Gasteiger partial charge on any atom is 0.186 e. The summed E-state index contributed by atoms with van der Waals surface area (Å²) < 4.78 is 10.5. The molecule has 0 radical (unpaired) electrons. The van der Waals surface area contributed by atoms with Gasteiger partial charge in [0.1, 0.15) is 11.5 Å². The third-order valence-corrected chi connectivity index (χ3v) is 3.97. The van der Waals surface area contributed by atoms with E-state index < -0.39 is 0 Å². The van der Waals surface area contributed by atoms with Crippen molar-refractivity contribution in [3.8, 4) is 11.5 Å². The molecule has 0 unspecified atom stereocenters. The number of allylic oxidation sites excluding steroid dienone is 1. The van der Waals surface area contributed by atoms with E-state index in [-0.39, 0.29) is 5.78 Å². The summed E-state index contributed by atoms with van der Waals surface area (Å²) in [5.74, 6) is 1.48. The fourth-order valence-electron chi connectivity index (χ4n) is 1.86. The minimum Gasteiger partial charge on any atom is -0.497 e. The predicted octanol–water partition coefficient (Wildman–Crippen LogP) is 4.50. The number of thioether (sulfide) groups is 1. The molecule has 0 aliphatic rings. The summed E-state index contributed by atoms with van der Waals surface area (Å²) in [6.07, 6.45) is 1.56. The number of carbonyl (C=O) groups is 1. The minimum atomic E-state index is -0.0191. The molecule has 114 valence electrons. The molecule has 2 rings (SSSR count). The summed E-state index contributed by atoms with van der Waals surface area (Å²) in [4.78, 5) is 13.0. The Kier molecular flexibility index (Phi) is 5.67. The zero-order chi connectivity index (χ0) is 15.9. The number of ketones is 1. The second kappa shape index (κ2) is 7.71. The van der Waals surface area contributed by atoms with Crippen LogP contribution in [-0.4, -0.2) is 20.0 Å². The lowest BCUT2D eigenvalue weighted by molar-refractivity contribution is 0.104. The Morgan fingerprint density at radius 1 is 1.05 bits per heavy atom. The first kappa shape index (κ1) is 16.2. The number of ether oxygens (including phenoxy) is 2. The molecule has 2 aromatic rings. The maximum atomic E-state index is 12.1. The molecule has 2 aromatic carbocycles. The van der Waals surface area contributed by atoms with Crippen LogP contribution in [0.5, 0.6) is 11.5 Å². The molecule has 0 heterocycles. The van der Waals surface area contributed by atoms with Crippen molar-refractivity contribution in [2.45, 2.75) is 11.8 Å². The molecule has 0 fully saturated rings. The maximum absolute atomic E-state index is 12.1. The predicted molar refractivity (Wildman–Crippen MR) is 90.1 cm³/mol. The quantitative estimate of drug-likeness (QED) is 0.447. The van der Waals surface area contributed by atoms with Crippen LogP contribution in [0.4, 0.5) is 0 Å². The van der Waals surface area contributed by atoms with Crippen LogP contribution >= 0.6 is 11.8 Å². The van der Waals surface area contributed by atoms with Crippen LogP contribution in [0.2, 0.25) is 0 Å². The van der Waals surface area contributed by atoms with Crippen molar-refractivity contribution >= 4 is 17.5 Å². The van der Waals surface area contributed by atoms with Crippen molar-refractivity contribution in [1.29, 1.82) is 0 Å². The van der Waals surface area contributed by atoms with Crippen LogP contribution in [0.15, 0.2) is 58.8 Å². The van der Waals surface area contributed by atoms with Gasteiger partial charge in [0.05, 0.1) is 19.1 Å². The summed E-state index contributed by atoms with van der Waals surface area (Å²) in [5.41, 5.74) is 1.82. The molecule has 0 saturated heterocycles. The van der Waals surface area contributed by atoms with E-state index in [9.17, 15) is 4.79 Å². The van der Waals surface area contributed by atoms with E-state index in [1.165, 1.54) is 11.8 Å². The van der Waals surface area contributed by atoms with Gasteiger partial charge in [-0.1, -0.05) is 41.6 Å². The summed E-state index contributed by atoms with van der Waals surface area (Å²) in [6, 6.07) is 13.1. The van der Waals surface area contributed by atoms with Crippen molar-refractivity contribution in [3.05, 3.63) is 65.1 Å². The second-order valence-corrected chi connectivity index (χ2v) is 5.62. The fraction of sp³-hybridized carbons (Fsp3) is 0.167. The lowest BCUT2D eigenvalue weighted by Crippen LogP contribution is -1.93. The van der Waals surface area contributed by atoms with E-state index in [1.54, 1.807) is 25.7 Å². The molecule has 22 heavy (non-hydrogen) atoms. The van der Waals surface area contributed by atoms with Crippen molar-refractivity contribution in [3.63, 3.8) is 0 Å². The van der Waals surface area contributed by atoms with Crippen LogP contribution in [0, 0.1) is 6.92 Å². The van der Waals surface area contributed by atoms with Crippen LogP contribution in [0.1, 0.15) is 15.9 Å². The molecule has 0 amide bonds. The SMILES string of the molecule is COc1ccc(OC)c(S/C=C/C(=O)c2ccc(C)cc2)c1. The van der Waals surface area contributed by atoms with E-state index >= 15 is 0 Å². The Labute approximate surface area is 135 Å². The number of benzene rings is 2. The average Bonchev–Trinajstić information content (AvgIpc) is 2.55. The monoisotopic (exact) mass is 314 g/mol. The summed E-state index contributed by atoms with van der Waals surface area (Å²) in [6.45, 7) is 2.00. The van der Waals surface area contributed by atoms with Gasteiger partial charge in [-0.15, -0.1) is 0 Å². The number of hydrogen-bond donors (Lipinski definition) is 0. The van der Waals surface area contributed by atoms with Crippen molar-refractivity contribution in [2.24, 2.45) is 0 Å². The van der Waals surface area contributed by atoms with E-state index in [0.717, 1.165) is 22.0 Å². The molecule has 3 nitrogen and oxygen atoms in total. The highest BCUT2D eigenvalue weighted by Gasteiger charge is 2.05. The normalized spacial score (nSPS) is 10.7. The fourth-order valence-corrected chi connectivity index (χ4v) is 2.65. The highest BCUT2D eigenvalue weighted by molar-refractivity contribution is 8.02. The van der Waals surface area contributed by atoms with E-state index in [2.05, 4.69) is 0 Å². The Bertz CT molecular complexity index is 675. The summed E-state index contributed by atoms with van der Waals surface area (Å²) >= 11 is 1.42. The van der Waals surface area contributed by atoms with Crippen LogP contribution in [0.3, 0.4) is 0 Å². The van der Waals surface area contributed by atoms with Crippen molar-refractivity contribution in [1.82, 2.24) is 0 Å². The van der Waals surface area contributed by atoms with Gasteiger partial charge in [-0.05, 0) is 36.6 Å². The Balaban J connectivity index is 2.08. The standard InChI is InChI=1S/C18H18O3S/c1-13-4-6-14(7-5-13)16(19)10-11-22-18-12-15(20-2)8-9-17(18)21-3/h4-12H,1-3H3/b11-10+. The van der Waals surface area contributed by atoms with E-state index in [1.807, 2.05) is 49.4 Å². The summed E-state index contributed by atoms with van der Waals surface area (Å²) in [7, 11) is 3.24. The van der Waals surface area contributed by atoms with Crippen LogP contribution in [0.25, 0.3) is 0 Å².